The average molecular weight is 235 g/mol. The van der Waals surface area contributed by atoms with E-state index in [0.717, 1.165) is 12.0 Å². The number of rotatable bonds is 4. The molecule has 0 saturated heterocycles. The van der Waals surface area contributed by atoms with Gasteiger partial charge in [-0.25, -0.2) is 4.98 Å². The van der Waals surface area contributed by atoms with Crippen molar-refractivity contribution in [1.29, 1.82) is 0 Å². The van der Waals surface area contributed by atoms with E-state index in [1.807, 2.05) is 6.92 Å². The summed E-state index contributed by atoms with van der Waals surface area (Å²) < 4.78 is 45.2. The third kappa shape index (κ3) is 3.60. The Hall–Kier alpha value is -1.46. The van der Waals surface area contributed by atoms with Crippen molar-refractivity contribution in [3.05, 3.63) is 17.8 Å². The number of ether oxygens (including phenoxy) is 2. The third-order valence-corrected chi connectivity index (χ3v) is 1.88. The third-order valence-electron chi connectivity index (χ3n) is 1.88. The molecule has 0 saturated carbocycles. The van der Waals surface area contributed by atoms with Crippen LogP contribution in [0, 0.1) is 0 Å². The van der Waals surface area contributed by atoms with Gasteiger partial charge in [0.15, 0.2) is 12.4 Å². The largest absolute Gasteiger partial charge is 0.491 e. The number of halogens is 3. The highest BCUT2D eigenvalue weighted by Gasteiger charge is 2.29. The molecule has 0 amide bonds. The molecule has 0 aliphatic carbocycles. The van der Waals surface area contributed by atoms with Gasteiger partial charge in [0.05, 0.1) is 7.11 Å². The summed E-state index contributed by atoms with van der Waals surface area (Å²) in [6, 6.07) is 1.61. The van der Waals surface area contributed by atoms with Crippen molar-refractivity contribution < 1.29 is 22.6 Å². The maximum absolute atomic E-state index is 11.9. The minimum absolute atomic E-state index is 0.142. The molecule has 6 heteroatoms. The molecule has 0 fully saturated rings. The van der Waals surface area contributed by atoms with Gasteiger partial charge in [0.25, 0.3) is 5.88 Å². The van der Waals surface area contributed by atoms with Crippen molar-refractivity contribution in [3.63, 3.8) is 0 Å². The fraction of sp³-hybridized carbons (Fsp3) is 0.500. The van der Waals surface area contributed by atoms with Crippen LogP contribution < -0.4 is 9.47 Å². The zero-order valence-corrected chi connectivity index (χ0v) is 8.97. The van der Waals surface area contributed by atoms with E-state index in [4.69, 9.17) is 4.74 Å². The Balaban J connectivity index is 2.79. The van der Waals surface area contributed by atoms with Gasteiger partial charge in [0.2, 0.25) is 0 Å². The standard InChI is InChI=1S/C10H12F3NO2/c1-3-7-4-8(15-2)9(14-5-7)16-6-10(11,12)13/h4-5H,3,6H2,1-2H3. The van der Waals surface area contributed by atoms with Crippen LogP contribution in [-0.4, -0.2) is 24.9 Å². The molecule has 1 aromatic rings. The van der Waals surface area contributed by atoms with Crippen LogP contribution in [0.3, 0.4) is 0 Å². The summed E-state index contributed by atoms with van der Waals surface area (Å²) in [7, 11) is 1.36. The predicted octanol–water partition coefficient (Wildman–Crippen LogP) is 2.59. The van der Waals surface area contributed by atoms with Crippen LogP contribution in [0.25, 0.3) is 0 Å². The molecule has 1 heterocycles. The quantitative estimate of drug-likeness (QED) is 0.803. The SMILES string of the molecule is CCc1cnc(OCC(F)(F)F)c(OC)c1. The normalized spacial score (nSPS) is 11.3. The topological polar surface area (TPSA) is 31.4 Å². The first-order valence-electron chi connectivity index (χ1n) is 4.68. The Morgan fingerprint density at radius 3 is 2.56 bits per heavy atom. The maximum atomic E-state index is 11.9. The van der Waals surface area contributed by atoms with E-state index in [0.29, 0.717) is 0 Å². The molecule has 90 valence electrons. The second-order valence-corrected chi connectivity index (χ2v) is 3.11. The van der Waals surface area contributed by atoms with E-state index in [1.165, 1.54) is 13.3 Å². The van der Waals surface area contributed by atoms with Crippen molar-refractivity contribution in [3.8, 4) is 11.6 Å². The number of hydrogen-bond acceptors (Lipinski definition) is 3. The fourth-order valence-corrected chi connectivity index (χ4v) is 1.07. The van der Waals surface area contributed by atoms with Crippen LogP contribution in [-0.2, 0) is 6.42 Å². The first kappa shape index (κ1) is 12.6. The molecule has 0 N–H and O–H groups in total. The van der Waals surface area contributed by atoms with Crippen LogP contribution in [0.4, 0.5) is 13.2 Å². The Kier molecular flexibility index (Phi) is 3.98. The monoisotopic (exact) mass is 235 g/mol. The maximum Gasteiger partial charge on any atom is 0.422 e. The van der Waals surface area contributed by atoms with Crippen molar-refractivity contribution in [1.82, 2.24) is 4.98 Å². The first-order chi connectivity index (χ1) is 7.46. The molecular weight excluding hydrogens is 223 g/mol. The molecule has 1 rings (SSSR count). The van der Waals surface area contributed by atoms with Gasteiger partial charge >= 0.3 is 6.18 Å². The molecule has 0 spiro atoms. The van der Waals surface area contributed by atoms with Gasteiger partial charge in [-0.05, 0) is 18.1 Å². The number of aryl methyl sites for hydroxylation is 1. The average Bonchev–Trinajstić information content (AvgIpc) is 2.25. The molecule has 0 aliphatic heterocycles. The zero-order chi connectivity index (χ0) is 12.2. The molecule has 0 atom stereocenters. The minimum atomic E-state index is -4.38. The summed E-state index contributed by atoms with van der Waals surface area (Å²) in [4.78, 5) is 3.78. The Morgan fingerprint density at radius 1 is 1.38 bits per heavy atom. The highest BCUT2D eigenvalue weighted by atomic mass is 19.4. The molecule has 3 nitrogen and oxygen atoms in total. The number of hydrogen-bond donors (Lipinski definition) is 0. The van der Waals surface area contributed by atoms with Gasteiger partial charge < -0.3 is 9.47 Å². The Labute approximate surface area is 91.2 Å². The number of methoxy groups -OCH3 is 1. The van der Waals surface area contributed by atoms with Crippen LogP contribution >= 0.6 is 0 Å². The van der Waals surface area contributed by atoms with E-state index >= 15 is 0 Å². The lowest BCUT2D eigenvalue weighted by Crippen LogP contribution is -2.20. The lowest BCUT2D eigenvalue weighted by molar-refractivity contribution is -0.154. The second kappa shape index (κ2) is 5.05. The van der Waals surface area contributed by atoms with E-state index in [1.54, 1.807) is 6.07 Å². The number of alkyl halides is 3. The van der Waals surface area contributed by atoms with Crippen LogP contribution in [0.2, 0.25) is 0 Å². The Bertz CT molecular complexity index is 352. The van der Waals surface area contributed by atoms with Gasteiger partial charge in [-0.1, -0.05) is 6.92 Å². The smallest absolute Gasteiger partial charge is 0.422 e. The molecule has 0 aliphatic rings. The summed E-state index contributed by atoms with van der Waals surface area (Å²) in [6.45, 7) is 0.536. The zero-order valence-electron chi connectivity index (χ0n) is 8.97. The second-order valence-electron chi connectivity index (χ2n) is 3.11. The van der Waals surface area contributed by atoms with E-state index in [2.05, 4.69) is 9.72 Å². The summed E-state index contributed by atoms with van der Waals surface area (Å²) in [5.41, 5.74) is 0.871. The van der Waals surface area contributed by atoms with E-state index in [9.17, 15) is 13.2 Å². The molecule has 0 bridgehead atoms. The highest BCUT2D eigenvalue weighted by molar-refractivity contribution is 5.36. The summed E-state index contributed by atoms with van der Waals surface area (Å²) in [5.74, 6) is 0.0700. The van der Waals surface area contributed by atoms with Gasteiger partial charge in [0, 0.05) is 6.20 Å². The van der Waals surface area contributed by atoms with E-state index < -0.39 is 12.8 Å². The minimum Gasteiger partial charge on any atom is -0.491 e. The summed E-state index contributed by atoms with van der Waals surface area (Å²) in [6.07, 6.45) is -2.19. The Morgan fingerprint density at radius 2 is 2.06 bits per heavy atom. The van der Waals surface area contributed by atoms with Gasteiger partial charge in [0.1, 0.15) is 0 Å². The molecule has 0 radical (unpaired) electrons. The molecule has 0 unspecified atom stereocenters. The number of nitrogens with zero attached hydrogens (tertiary/aromatic N) is 1. The lowest BCUT2D eigenvalue weighted by Gasteiger charge is -2.11. The van der Waals surface area contributed by atoms with Gasteiger partial charge in [-0.2, -0.15) is 13.2 Å². The van der Waals surface area contributed by atoms with Crippen molar-refractivity contribution in [2.75, 3.05) is 13.7 Å². The lowest BCUT2D eigenvalue weighted by atomic mass is 10.2. The van der Waals surface area contributed by atoms with Crippen LogP contribution in [0.1, 0.15) is 12.5 Å². The number of pyridine rings is 1. The van der Waals surface area contributed by atoms with Gasteiger partial charge in [-0.3, -0.25) is 0 Å². The van der Waals surface area contributed by atoms with E-state index in [-0.39, 0.29) is 11.6 Å². The van der Waals surface area contributed by atoms with Crippen molar-refractivity contribution >= 4 is 0 Å². The summed E-state index contributed by atoms with van der Waals surface area (Å²) >= 11 is 0. The van der Waals surface area contributed by atoms with Gasteiger partial charge in [-0.15, -0.1) is 0 Å². The molecule has 0 aromatic carbocycles. The van der Waals surface area contributed by atoms with Crippen LogP contribution in [0.15, 0.2) is 12.3 Å². The van der Waals surface area contributed by atoms with Crippen molar-refractivity contribution in [2.24, 2.45) is 0 Å². The first-order valence-corrected chi connectivity index (χ1v) is 4.68. The molecule has 16 heavy (non-hydrogen) atoms. The van der Waals surface area contributed by atoms with Crippen LogP contribution in [0.5, 0.6) is 11.6 Å². The molecular formula is C10H12F3NO2. The fourth-order valence-electron chi connectivity index (χ4n) is 1.07. The predicted molar refractivity (Wildman–Crippen MR) is 51.7 cm³/mol. The molecule has 1 aromatic heterocycles. The number of aromatic nitrogens is 1. The van der Waals surface area contributed by atoms with Crippen molar-refractivity contribution in [2.45, 2.75) is 19.5 Å². The highest BCUT2D eigenvalue weighted by Crippen LogP contribution is 2.27. The summed E-state index contributed by atoms with van der Waals surface area (Å²) in [5, 5.41) is 0.